The number of non-ortho nitro benzene ring substituents is 1. The van der Waals surface area contributed by atoms with Gasteiger partial charge >= 0.3 is 0 Å². The van der Waals surface area contributed by atoms with Crippen LogP contribution in [0.2, 0.25) is 0 Å². The van der Waals surface area contributed by atoms with E-state index in [0.29, 0.717) is 23.6 Å². The number of hydrogen-bond acceptors (Lipinski definition) is 5. The average molecular weight is 421 g/mol. The van der Waals surface area contributed by atoms with E-state index in [1.165, 1.54) is 12.1 Å². The van der Waals surface area contributed by atoms with Crippen LogP contribution in [0, 0.1) is 17.0 Å². The second-order valence-corrected chi connectivity index (χ2v) is 6.87. The first-order chi connectivity index (χ1) is 14.4. The van der Waals surface area contributed by atoms with Gasteiger partial charge in [0.1, 0.15) is 12.4 Å². The summed E-state index contributed by atoms with van der Waals surface area (Å²) in [5, 5.41) is 16.4. The topological polar surface area (TPSA) is 93.5 Å². The van der Waals surface area contributed by atoms with E-state index in [2.05, 4.69) is 10.6 Å². The Morgan fingerprint density at radius 1 is 1.07 bits per heavy atom. The van der Waals surface area contributed by atoms with Crippen molar-refractivity contribution in [2.75, 3.05) is 5.32 Å². The van der Waals surface area contributed by atoms with Gasteiger partial charge in [0.05, 0.1) is 4.92 Å². The standard InChI is InChI=1S/C22H19N3O4S/c1-15-10-11-18(25(27)28)13-20(15)23-22(30)24-21(26)17-8-5-9-19(12-17)29-14-16-6-3-2-4-7-16/h2-13H,14H2,1H3,(H2,23,24,26,30). The molecule has 2 N–H and O–H groups in total. The van der Waals surface area contributed by atoms with E-state index in [1.807, 2.05) is 30.3 Å². The molecule has 0 aliphatic rings. The van der Waals surface area contributed by atoms with Crippen molar-refractivity contribution in [3.63, 3.8) is 0 Å². The molecule has 1 amide bonds. The summed E-state index contributed by atoms with van der Waals surface area (Å²) in [5.41, 5.74) is 2.54. The molecular weight excluding hydrogens is 402 g/mol. The monoisotopic (exact) mass is 421 g/mol. The second kappa shape index (κ2) is 9.62. The Hall–Kier alpha value is -3.78. The van der Waals surface area contributed by atoms with Crippen molar-refractivity contribution < 1.29 is 14.5 Å². The zero-order valence-electron chi connectivity index (χ0n) is 16.1. The highest BCUT2D eigenvalue weighted by Crippen LogP contribution is 2.22. The van der Waals surface area contributed by atoms with E-state index in [0.717, 1.165) is 11.1 Å². The van der Waals surface area contributed by atoms with Crippen LogP contribution in [-0.4, -0.2) is 15.9 Å². The maximum atomic E-state index is 12.5. The Bertz CT molecular complexity index is 1090. The summed E-state index contributed by atoms with van der Waals surface area (Å²) in [7, 11) is 0. The van der Waals surface area contributed by atoms with Crippen LogP contribution >= 0.6 is 12.2 Å². The van der Waals surface area contributed by atoms with Crippen LogP contribution in [0.25, 0.3) is 0 Å². The molecule has 30 heavy (non-hydrogen) atoms. The minimum absolute atomic E-state index is 0.0409. The summed E-state index contributed by atoms with van der Waals surface area (Å²) >= 11 is 5.18. The van der Waals surface area contributed by atoms with Crippen molar-refractivity contribution in [2.45, 2.75) is 13.5 Å². The lowest BCUT2D eigenvalue weighted by molar-refractivity contribution is -0.384. The van der Waals surface area contributed by atoms with Crippen molar-refractivity contribution in [1.29, 1.82) is 0 Å². The number of nitro groups is 1. The average Bonchev–Trinajstić information content (AvgIpc) is 2.74. The molecule has 0 saturated heterocycles. The fraction of sp³-hybridized carbons (Fsp3) is 0.0909. The van der Waals surface area contributed by atoms with Crippen molar-refractivity contribution in [1.82, 2.24) is 5.32 Å². The quantitative estimate of drug-likeness (QED) is 0.343. The minimum Gasteiger partial charge on any atom is -0.489 e. The molecule has 3 rings (SSSR count). The number of nitrogens with one attached hydrogen (secondary N) is 2. The lowest BCUT2D eigenvalue weighted by Gasteiger charge is -2.12. The van der Waals surface area contributed by atoms with Gasteiger partial charge in [-0.2, -0.15) is 0 Å². The highest BCUT2D eigenvalue weighted by Gasteiger charge is 2.12. The number of carbonyl (C=O) groups is 1. The molecule has 0 aliphatic heterocycles. The fourth-order valence-corrected chi connectivity index (χ4v) is 2.86. The number of rotatable bonds is 6. The van der Waals surface area contributed by atoms with Crippen LogP contribution < -0.4 is 15.4 Å². The van der Waals surface area contributed by atoms with Crippen LogP contribution in [-0.2, 0) is 6.61 Å². The Kier molecular flexibility index (Phi) is 6.71. The molecule has 0 aromatic heterocycles. The molecule has 0 aliphatic carbocycles. The summed E-state index contributed by atoms with van der Waals surface area (Å²) in [6.45, 7) is 2.17. The molecule has 0 spiro atoms. The zero-order chi connectivity index (χ0) is 21.5. The summed E-state index contributed by atoms with van der Waals surface area (Å²) in [5.74, 6) is 0.139. The van der Waals surface area contributed by atoms with E-state index in [-0.39, 0.29) is 10.8 Å². The number of nitro benzene ring substituents is 1. The number of ether oxygens (including phenoxy) is 1. The van der Waals surface area contributed by atoms with E-state index < -0.39 is 10.8 Å². The van der Waals surface area contributed by atoms with Gasteiger partial charge in [0.2, 0.25) is 0 Å². The minimum atomic E-state index is -0.493. The maximum Gasteiger partial charge on any atom is 0.271 e. The van der Waals surface area contributed by atoms with E-state index in [9.17, 15) is 14.9 Å². The summed E-state index contributed by atoms with van der Waals surface area (Å²) in [4.78, 5) is 23.0. The van der Waals surface area contributed by atoms with E-state index in [1.54, 1.807) is 37.3 Å². The molecule has 0 fully saturated rings. The van der Waals surface area contributed by atoms with Crippen molar-refractivity contribution >= 4 is 34.6 Å². The summed E-state index contributed by atoms with van der Waals surface area (Å²) < 4.78 is 5.74. The highest BCUT2D eigenvalue weighted by atomic mass is 32.1. The Balaban J connectivity index is 1.62. The van der Waals surface area contributed by atoms with Gasteiger partial charge in [-0.15, -0.1) is 0 Å². The van der Waals surface area contributed by atoms with E-state index >= 15 is 0 Å². The SMILES string of the molecule is Cc1ccc([N+](=O)[O-])cc1NC(=S)NC(=O)c1cccc(OCc2ccccc2)c1. The Morgan fingerprint density at radius 2 is 1.83 bits per heavy atom. The number of carbonyl (C=O) groups excluding carboxylic acids is 1. The number of benzene rings is 3. The molecular formula is C22H19N3O4S. The van der Waals surface area contributed by atoms with Crippen molar-refractivity contribution in [3.8, 4) is 5.75 Å². The predicted octanol–water partition coefficient (Wildman–Crippen LogP) is 4.61. The number of thiocarbonyl (C=S) groups is 1. The molecule has 0 radical (unpaired) electrons. The first kappa shape index (κ1) is 20.9. The molecule has 3 aromatic carbocycles. The van der Waals surface area contributed by atoms with E-state index in [4.69, 9.17) is 17.0 Å². The summed E-state index contributed by atoms with van der Waals surface area (Å²) in [6, 6.07) is 20.8. The molecule has 152 valence electrons. The van der Waals surface area contributed by atoms with Gasteiger partial charge in [-0.3, -0.25) is 20.2 Å². The van der Waals surface area contributed by atoms with Gasteiger partial charge in [-0.25, -0.2) is 0 Å². The third kappa shape index (κ3) is 5.62. The smallest absolute Gasteiger partial charge is 0.271 e. The summed E-state index contributed by atoms with van der Waals surface area (Å²) in [6.07, 6.45) is 0. The molecule has 0 heterocycles. The number of aryl methyl sites for hydroxylation is 1. The van der Waals surface area contributed by atoms with Gasteiger partial charge < -0.3 is 10.1 Å². The lowest BCUT2D eigenvalue weighted by atomic mass is 10.2. The molecule has 0 unspecified atom stereocenters. The third-order valence-corrected chi connectivity index (χ3v) is 4.46. The largest absolute Gasteiger partial charge is 0.489 e. The molecule has 0 atom stereocenters. The first-order valence-electron chi connectivity index (χ1n) is 9.06. The van der Waals surface area contributed by atoms with Gasteiger partial charge in [0.25, 0.3) is 11.6 Å². The number of hydrogen-bond donors (Lipinski definition) is 2. The number of anilines is 1. The second-order valence-electron chi connectivity index (χ2n) is 6.47. The van der Waals surface area contributed by atoms with Crippen LogP contribution in [0.5, 0.6) is 5.75 Å². The van der Waals surface area contributed by atoms with Crippen LogP contribution in [0.15, 0.2) is 72.8 Å². The van der Waals surface area contributed by atoms with Crippen LogP contribution in [0.1, 0.15) is 21.5 Å². The maximum absolute atomic E-state index is 12.5. The van der Waals surface area contributed by atoms with Gasteiger partial charge in [0.15, 0.2) is 5.11 Å². The highest BCUT2D eigenvalue weighted by molar-refractivity contribution is 7.80. The number of nitrogens with zero attached hydrogens (tertiary/aromatic N) is 1. The van der Waals surface area contributed by atoms with Crippen molar-refractivity contribution in [3.05, 3.63) is 99.6 Å². The molecule has 7 nitrogen and oxygen atoms in total. The third-order valence-electron chi connectivity index (χ3n) is 4.25. The molecule has 3 aromatic rings. The molecule has 0 saturated carbocycles. The van der Waals surface area contributed by atoms with Crippen LogP contribution in [0.3, 0.4) is 0 Å². The van der Waals surface area contributed by atoms with Gasteiger partial charge in [0, 0.05) is 23.4 Å². The number of amides is 1. The lowest BCUT2D eigenvalue weighted by Crippen LogP contribution is -2.34. The molecule has 8 heteroatoms. The first-order valence-corrected chi connectivity index (χ1v) is 9.47. The zero-order valence-corrected chi connectivity index (χ0v) is 16.9. The predicted molar refractivity (Wildman–Crippen MR) is 119 cm³/mol. The Morgan fingerprint density at radius 3 is 2.57 bits per heavy atom. The van der Waals surface area contributed by atoms with Crippen LogP contribution in [0.4, 0.5) is 11.4 Å². The Labute approximate surface area is 178 Å². The normalized spacial score (nSPS) is 10.2. The molecule has 0 bridgehead atoms. The fourth-order valence-electron chi connectivity index (χ4n) is 2.66. The van der Waals surface area contributed by atoms with Crippen molar-refractivity contribution in [2.24, 2.45) is 0 Å². The van der Waals surface area contributed by atoms with Gasteiger partial charge in [-0.05, 0) is 48.5 Å². The van der Waals surface area contributed by atoms with Gasteiger partial charge in [-0.1, -0.05) is 42.5 Å².